The fraction of sp³-hybridized carbons (Fsp3) is 0.278. The largest absolute Gasteiger partial charge is 0.495 e. The van der Waals surface area contributed by atoms with E-state index in [0.29, 0.717) is 0 Å². The lowest BCUT2D eigenvalue weighted by Gasteiger charge is -2.35. The number of hydrogen-bond acceptors (Lipinski definition) is 4. The van der Waals surface area contributed by atoms with Gasteiger partial charge in [0.1, 0.15) is 5.75 Å². The van der Waals surface area contributed by atoms with Gasteiger partial charge in [-0.3, -0.25) is 5.01 Å². The van der Waals surface area contributed by atoms with E-state index in [4.69, 9.17) is 16.3 Å². The van der Waals surface area contributed by atoms with Gasteiger partial charge in [0.2, 0.25) is 0 Å². The van der Waals surface area contributed by atoms with Crippen LogP contribution in [0.15, 0.2) is 53.6 Å². The predicted molar refractivity (Wildman–Crippen MR) is 103 cm³/mol. The van der Waals surface area contributed by atoms with Crippen LogP contribution < -0.4 is 9.64 Å². The Morgan fingerprint density at radius 3 is 2.38 bits per heavy atom. The van der Waals surface area contributed by atoms with Crippen LogP contribution in [0.1, 0.15) is 5.56 Å². The quantitative estimate of drug-likeness (QED) is 0.768. The van der Waals surface area contributed by atoms with Gasteiger partial charge < -0.3 is 9.64 Å². The summed E-state index contributed by atoms with van der Waals surface area (Å²) in [6.45, 7) is 3.58. The van der Waals surface area contributed by atoms with E-state index in [1.807, 2.05) is 48.7 Å². The highest BCUT2D eigenvalue weighted by molar-refractivity contribution is 6.33. The van der Waals surface area contributed by atoms with Crippen molar-refractivity contribution in [1.29, 1.82) is 0 Å². The third-order valence-corrected chi connectivity index (χ3v) is 4.29. The minimum absolute atomic E-state index is 0. The third kappa shape index (κ3) is 4.34. The van der Waals surface area contributed by atoms with E-state index in [2.05, 4.69) is 21.1 Å². The molecule has 0 unspecified atom stereocenters. The molecule has 0 amide bonds. The number of para-hydroxylation sites is 2. The van der Waals surface area contributed by atoms with Crippen molar-refractivity contribution in [2.24, 2.45) is 5.10 Å². The fourth-order valence-corrected chi connectivity index (χ4v) is 2.85. The first-order chi connectivity index (χ1) is 11.3. The molecule has 2 aromatic rings. The smallest absolute Gasteiger partial charge is 0.142 e. The summed E-state index contributed by atoms with van der Waals surface area (Å²) < 4.78 is 5.44. The SMILES string of the molecule is COc1ccccc1N1CCN(/N=C/c2ccccc2Cl)CC1.Cl. The highest BCUT2D eigenvalue weighted by atomic mass is 35.5. The normalized spacial score (nSPS) is 14.6. The Labute approximate surface area is 154 Å². The van der Waals surface area contributed by atoms with Crippen LogP contribution in [0.5, 0.6) is 5.75 Å². The third-order valence-electron chi connectivity index (χ3n) is 3.95. The molecule has 1 heterocycles. The van der Waals surface area contributed by atoms with Crippen LogP contribution in [0.2, 0.25) is 5.02 Å². The molecule has 0 N–H and O–H groups in total. The van der Waals surface area contributed by atoms with Gasteiger partial charge in [-0.1, -0.05) is 41.9 Å². The van der Waals surface area contributed by atoms with Crippen molar-refractivity contribution in [3.8, 4) is 5.75 Å². The van der Waals surface area contributed by atoms with E-state index in [1.165, 1.54) is 0 Å². The Kier molecular flexibility index (Phi) is 6.76. The van der Waals surface area contributed by atoms with Crippen LogP contribution in [0.25, 0.3) is 0 Å². The van der Waals surface area contributed by atoms with Crippen LogP contribution in [-0.2, 0) is 0 Å². The van der Waals surface area contributed by atoms with Gasteiger partial charge in [-0.05, 0) is 18.2 Å². The second-order valence-corrected chi connectivity index (χ2v) is 5.79. The molecule has 0 saturated carbocycles. The average molecular weight is 366 g/mol. The molecule has 1 aliphatic heterocycles. The van der Waals surface area contributed by atoms with Gasteiger partial charge in [0.25, 0.3) is 0 Å². The number of hydrazone groups is 1. The minimum Gasteiger partial charge on any atom is -0.495 e. The topological polar surface area (TPSA) is 28.1 Å². The summed E-state index contributed by atoms with van der Waals surface area (Å²) in [7, 11) is 1.71. The summed E-state index contributed by atoms with van der Waals surface area (Å²) in [4.78, 5) is 2.33. The van der Waals surface area contributed by atoms with Gasteiger partial charge in [0.05, 0.1) is 32.1 Å². The molecule has 2 aromatic carbocycles. The molecule has 0 aromatic heterocycles. The molecule has 0 aliphatic carbocycles. The zero-order valence-corrected chi connectivity index (χ0v) is 15.1. The maximum atomic E-state index is 6.15. The number of piperazine rings is 1. The molecule has 0 radical (unpaired) electrons. The van der Waals surface area contributed by atoms with Crippen LogP contribution >= 0.6 is 24.0 Å². The van der Waals surface area contributed by atoms with Gasteiger partial charge in [-0.2, -0.15) is 5.10 Å². The van der Waals surface area contributed by atoms with Crippen LogP contribution in [-0.4, -0.2) is 44.5 Å². The first-order valence-electron chi connectivity index (χ1n) is 7.69. The zero-order valence-electron chi connectivity index (χ0n) is 13.6. The van der Waals surface area contributed by atoms with Crippen LogP contribution in [0.3, 0.4) is 0 Å². The van der Waals surface area contributed by atoms with Crippen LogP contribution in [0, 0.1) is 0 Å². The molecular weight excluding hydrogens is 345 g/mol. The lowest BCUT2D eigenvalue weighted by molar-refractivity contribution is 0.271. The molecular formula is C18H21Cl2N3O. The van der Waals surface area contributed by atoms with Crippen molar-refractivity contribution in [3.05, 3.63) is 59.1 Å². The van der Waals surface area contributed by atoms with E-state index in [-0.39, 0.29) is 12.4 Å². The van der Waals surface area contributed by atoms with Gasteiger partial charge in [0, 0.05) is 23.7 Å². The van der Waals surface area contributed by atoms with Crippen molar-refractivity contribution in [1.82, 2.24) is 5.01 Å². The number of nitrogens with zero attached hydrogens (tertiary/aromatic N) is 3. The first-order valence-corrected chi connectivity index (χ1v) is 8.07. The Bertz CT molecular complexity index is 685. The van der Waals surface area contributed by atoms with Crippen molar-refractivity contribution in [3.63, 3.8) is 0 Å². The highest BCUT2D eigenvalue weighted by Crippen LogP contribution is 2.28. The molecule has 1 saturated heterocycles. The minimum atomic E-state index is 0. The number of benzene rings is 2. The predicted octanol–water partition coefficient (Wildman–Crippen LogP) is 3.93. The molecule has 0 atom stereocenters. The number of ether oxygens (including phenoxy) is 1. The summed E-state index contributed by atoms with van der Waals surface area (Å²) in [6, 6.07) is 15.9. The van der Waals surface area contributed by atoms with Gasteiger partial charge in [0.15, 0.2) is 0 Å². The standard InChI is InChI=1S/C18H20ClN3O.ClH/c1-23-18-9-5-4-8-17(18)21-10-12-22(13-11-21)20-14-15-6-2-3-7-16(15)19;/h2-9,14H,10-13H2,1H3;1H/b20-14+;. The van der Waals surface area contributed by atoms with Crippen molar-refractivity contribution >= 4 is 35.9 Å². The fourth-order valence-electron chi connectivity index (χ4n) is 2.67. The lowest BCUT2D eigenvalue weighted by Crippen LogP contribution is -2.44. The average Bonchev–Trinajstić information content (AvgIpc) is 2.61. The molecule has 1 aliphatic rings. The Morgan fingerprint density at radius 2 is 1.67 bits per heavy atom. The number of rotatable bonds is 4. The van der Waals surface area contributed by atoms with Gasteiger partial charge in [-0.25, -0.2) is 0 Å². The number of anilines is 1. The van der Waals surface area contributed by atoms with E-state index in [0.717, 1.165) is 48.2 Å². The summed E-state index contributed by atoms with van der Waals surface area (Å²) >= 11 is 6.15. The van der Waals surface area contributed by atoms with Gasteiger partial charge >= 0.3 is 0 Å². The summed E-state index contributed by atoms with van der Waals surface area (Å²) in [5.74, 6) is 0.917. The Hall–Kier alpha value is -1.91. The van der Waals surface area contributed by atoms with E-state index in [9.17, 15) is 0 Å². The number of halogens is 2. The second-order valence-electron chi connectivity index (χ2n) is 5.38. The molecule has 24 heavy (non-hydrogen) atoms. The Morgan fingerprint density at radius 1 is 1.00 bits per heavy atom. The molecule has 0 spiro atoms. The summed E-state index contributed by atoms with van der Waals surface area (Å²) in [5, 5.41) is 7.36. The highest BCUT2D eigenvalue weighted by Gasteiger charge is 2.18. The molecule has 128 valence electrons. The molecule has 4 nitrogen and oxygen atoms in total. The number of methoxy groups -OCH3 is 1. The molecule has 0 bridgehead atoms. The lowest BCUT2D eigenvalue weighted by atomic mass is 10.2. The van der Waals surface area contributed by atoms with Gasteiger partial charge in [-0.15, -0.1) is 12.4 Å². The first kappa shape index (κ1) is 18.4. The molecule has 3 rings (SSSR count). The van der Waals surface area contributed by atoms with Crippen LogP contribution in [0.4, 0.5) is 5.69 Å². The molecule has 6 heteroatoms. The second kappa shape index (κ2) is 8.81. The van der Waals surface area contributed by atoms with Crippen molar-refractivity contribution in [2.45, 2.75) is 0 Å². The van der Waals surface area contributed by atoms with Crippen molar-refractivity contribution < 1.29 is 4.74 Å². The van der Waals surface area contributed by atoms with Crippen molar-refractivity contribution in [2.75, 3.05) is 38.2 Å². The number of hydrogen-bond donors (Lipinski definition) is 0. The summed E-state index contributed by atoms with van der Waals surface area (Å²) in [6.07, 6.45) is 1.83. The molecule has 1 fully saturated rings. The maximum Gasteiger partial charge on any atom is 0.142 e. The zero-order chi connectivity index (χ0) is 16.1. The Balaban J connectivity index is 0.00000208. The van der Waals surface area contributed by atoms with E-state index in [1.54, 1.807) is 7.11 Å². The van der Waals surface area contributed by atoms with E-state index >= 15 is 0 Å². The monoisotopic (exact) mass is 365 g/mol. The summed E-state index contributed by atoms with van der Waals surface area (Å²) in [5.41, 5.74) is 2.09. The maximum absolute atomic E-state index is 6.15. The van der Waals surface area contributed by atoms with E-state index < -0.39 is 0 Å².